The van der Waals surface area contributed by atoms with Crippen LogP contribution >= 0.6 is 0 Å². The van der Waals surface area contributed by atoms with E-state index >= 15 is 0 Å². The molecule has 0 aliphatic carbocycles. The summed E-state index contributed by atoms with van der Waals surface area (Å²) in [5, 5.41) is 0. The Morgan fingerprint density at radius 1 is 1.40 bits per heavy atom. The average Bonchev–Trinajstić information content (AvgIpc) is 2.40. The summed E-state index contributed by atoms with van der Waals surface area (Å²) in [5.74, 6) is -2.99. The van der Waals surface area contributed by atoms with Crippen molar-refractivity contribution in [1.29, 1.82) is 0 Å². The quantitative estimate of drug-likeness (QED) is 0.455. The number of ether oxygens (including phenoxy) is 2. The third kappa shape index (κ3) is 4.34. The fraction of sp³-hybridized carbons (Fsp3) is 0.462. The molecule has 0 heterocycles. The van der Waals surface area contributed by atoms with Gasteiger partial charge in [-0.25, -0.2) is 0 Å². The molecule has 1 aromatic carbocycles. The molecule has 4 N–H and O–H groups in total. The molecule has 0 saturated carbocycles. The van der Waals surface area contributed by atoms with Crippen molar-refractivity contribution in [1.82, 2.24) is 0 Å². The lowest BCUT2D eigenvalue weighted by Gasteiger charge is -2.20. The molecule has 0 aliphatic heterocycles. The fourth-order valence-electron chi connectivity index (χ4n) is 1.54. The van der Waals surface area contributed by atoms with Gasteiger partial charge in [-0.1, -0.05) is 0 Å². The third-order valence-corrected chi connectivity index (χ3v) is 2.52. The largest absolute Gasteiger partial charge is 0.493 e. The minimum atomic E-state index is -3.23. The summed E-state index contributed by atoms with van der Waals surface area (Å²) < 4.78 is 38.3. The molecule has 0 aliphatic rings. The minimum Gasteiger partial charge on any atom is -0.493 e. The van der Waals surface area contributed by atoms with Crippen LogP contribution in [0.4, 0.5) is 14.5 Å². The first-order valence-corrected chi connectivity index (χ1v) is 6.10. The number of hydrogen-bond donors (Lipinski definition) is 2. The van der Waals surface area contributed by atoms with Gasteiger partial charge in [-0.2, -0.15) is 8.78 Å². The molecule has 0 unspecified atom stereocenters. The second kappa shape index (κ2) is 7.04. The highest BCUT2D eigenvalue weighted by Gasteiger charge is 2.35. The van der Waals surface area contributed by atoms with E-state index in [-0.39, 0.29) is 36.0 Å². The van der Waals surface area contributed by atoms with E-state index in [1.54, 1.807) is 6.92 Å². The molecule has 0 bridgehead atoms. The van der Waals surface area contributed by atoms with Gasteiger partial charge in [0.25, 0.3) is 5.92 Å². The molecule has 0 atom stereocenters. The number of hydrogen-bond acceptors (Lipinski definition) is 4. The van der Waals surface area contributed by atoms with Crippen LogP contribution < -0.4 is 16.2 Å². The van der Waals surface area contributed by atoms with Gasteiger partial charge in [0.1, 0.15) is 24.8 Å². The van der Waals surface area contributed by atoms with Crippen molar-refractivity contribution in [2.75, 3.05) is 32.6 Å². The van der Waals surface area contributed by atoms with Crippen LogP contribution in [0.3, 0.4) is 0 Å². The van der Waals surface area contributed by atoms with E-state index in [9.17, 15) is 8.78 Å². The highest BCUT2D eigenvalue weighted by atomic mass is 19.3. The maximum atomic E-state index is 14.1. The van der Waals surface area contributed by atoms with Crippen LogP contribution in [0, 0.1) is 0 Å². The van der Waals surface area contributed by atoms with Gasteiger partial charge in [-0.05, 0) is 25.1 Å². The van der Waals surface area contributed by atoms with Crippen LogP contribution in [0.25, 0.3) is 0 Å². The van der Waals surface area contributed by atoms with E-state index in [4.69, 9.17) is 20.9 Å². The summed E-state index contributed by atoms with van der Waals surface area (Å²) >= 11 is 0. The Hall–Kier alpha value is -1.89. The topological polar surface area (TPSA) is 82.9 Å². The molecule has 0 amide bonds. The summed E-state index contributed by atoms with van der Waals surface area (Å²) in [4.78, 5) is 3.62. The normalized spacial score (nSPS) is 12.5. The Labute approximate surface area is 116 Å². The second-order valence-corrected chi connectivity index (χ2v) is 4.10. The highest BCUT2D eigenvalue weighted by molar-refractivity contribution is 5.81. The van der Waals surface area contributed by atoms with Crippen LogP contribution in [-0.4, -0.2) is 32.7 Å². The van der Waals surface area contributed by atoms with E-state index < -0.39 is 12.5 Å². The SMILES string of the molecule is CCOc1ccc(N)cc1C(F)(F)COCC(N)=NC. The molecule has 0 aromatic heterocycles. The van der Waals surface area contributed by atoms with Crippen molar-refractivity contribution in [3.05, 3.63) is 23.8 Å². The third-order valence-electron chi connectivity index (χ3n) is 2.52. The maximum Gasteiger partial charge on any atom is 0.299 e. The molecular weight excluding hydrogens is 268 g/mol. The van der Waals surface area contributed by atoms with Gasteiger partial charge < -0.3 is 20.9 Å². The Bertz CT molecular complexity index is 479. The molecule has 0 spiro atoms. The van der Waals surface area contributed by atoms with Gasteiger partial charge in [0.05, 0.1) is 12.2 Å². The monoisotopic (exact) mass is 287 g/mol. The summed E-state index contributed by atoms with van der Waals surface area (Å²) in [6, 6.07) is 4.11. The van der Waals surface area contributed by atoms with Gasteiger partial charge in [-0.3, -0.25) is 4.99 Å². The van der Waals surface area contributed by atoms with E-state index in [0.717, 1.165) is 0 Å². The van der Waals surface area contributed by atoms with Crippen molar-refractivity contribution in [3.63, 3.8) is 0 Å². The highest BCUT2D eigenvalue weighted by Crippen LogP contribution is 2.36. The van der Waals surface area contributed by atoms with Crippen LogP contribution in [0.5, 0.6) is 5.75 Å². The zero-order chi connectivity index (χ0) is 15.2. The summed E-state index contributed by atoms with van der Waals surface area (Å²) in [6.45, 7) is 1.02. The predicted octanol–water partition coefficient (Wildman–Crippen LogP) is 1.76. The summed E-state index contributed by atoms with van der Waals surface area (Å²) in [5.41, 5.74) is 10.9. The second-order valence-electron chi connectivity index (χ2n) is 4.10. The number of halogens is 2. The Kier molecular flexibility index (Phi) is 5.69. The van der Waals surface area contributed by atoms with Crippen molar-refractivity contribution in [2.45, 2.75) is 12.8 Å². The summed E-state index contributed by atoms with van der Waals surface area (Å²) in [7, 11) is 1.46. The molecule has 1 aromatic rings. The van der Waals surface area contributed by atoms with Crippen molar-refractivity contribution >= 4 is 11.5 Å². The number of anilines is 1. The lowest BCUT2D eigenvalue weighted by atomic mass is 10.1. The first kappa shape index (κ1) is 16.2. The molecule has 0 radical (unpaired) electrons. The molecule has 1 rings (SSSR count). The lowest BCUT2D eigenvalue weighted by molar-refractivity contribution is -0.0766. The number of nitrogens with two attached hydrogens (primary N) is 2. The molecule has 20 heavy (non-hydrogen) atoms. The Morgan fingerprint density at radius 3 is 2.70 bits per heavy atom. The van der Waals surface area contributed by atoms with E-state index in [1.807, 2.05) is 0 Å². The molecular formula is C13H19F2N3O2. The minimum absolute atomic E-state index is 0.0902. The van der Waals surface area contributed by atoms with Crippen LogP contribution in [-0.2, 0) is 10.7 Å². The number of amidine groups is 1. The summed E-state index contributed by atoms with van der Waals surface area (Å²) in [6.07, 6.45) is 0. The number of alkyl halides is 2. The lowest BCUT2D eigenvalue weighted by Crippen LogP contribution is -2.26. The molecule has 112 valence electrons. The maximum absolute atomic E-state index is 14.1. The standard InChI is InChI=1S/C13H19F2N3O2/c1-3-20-11-5-4-9(16)6-10(11)13(14,15)8-19-7-12(17)18-2/h4-6H,3,7-8,16H2,1-2H3,(H2,17,18). The van der Waals surface area contributed by atoms with E-state index in [1.165, 1.54) is 25.2 Å². The number of benzene rings is 1. The first-order chi connectivity index (χ1) is 9.40. The van der Waals surface area contributed by atoms with Crippen LogP contribution in [0.1, 0.15) is 12.5 Å². The number of nitrogen functional groups attached to an aromatic ring is 1. The molecule has 5 nitrogen and oxygen atoms in total. The predicted molar refractivity (Wildman–Crippen MR) is 74.3 cm³/mol. The Balaban J connectivity index is 2.87. The van der Waals surface area contributed by atoms with Crippen LogP contribution in [0.15, 0.2) is 23.2 Å². The first-order valence-electron chi connectivity index (χ1n) is 6.10. The van der Waals surface area contributed by atoms with Gasteiger partial charge in [0.15, 0.2) is 0 Å². The van der Waals surface area contributed by atoms with Crippen molar-refractivity contribution < 1.29 is 18.3 Å². The van der Waals surface area contributed by atoms with Gasteiger partial charge in [-0.15, -0.1) is 0 Å². The average molecular weight is 287 g/mol. The number of aliphatic imine (C=N–C) groups is 1. The fourth-order valence-corrected chi connectivity index (χ4v) is 1.54. The van der Waals surface area contributed by atoms with Crippen molar-refractivity contribution in [3.8, 4) is 5.75 Å². The number of rotatable bonds is 7. The molecule has 0 fully saturated rings. The van der Waals surface area contributed by atoms with Crippen LogP contribution in [0.2, 0.25) is 0 Å². The van der Waals surface area contributed by atoms with Gasteiger partial charge in [0, 0.05) is 12.7 Å². The van der Waals surface area contributed by atoms with Crippen molar-refractivity contribution in [2.24, 2.45) is 10.7 Å². The molecule has 7 heteroatoms. The Morgan fingerprint density at radius 2 is 2.10 bits per heavy atom. The van der Waals surface area contributed by atoms with E-state index in [0.29, 0.717) is 0 Å². The van der Waals surface area contributed by atoms with Gasteiger partial charge in [0.2, 0.25) is 0 Å². The number of nitrogens with zero attached hydrogens (tertiary/aromatic N) is 1. The zero-order valence-corrected chi connectivity index (χ0v) is 11.5. The van der Waals surface area contributed by atoms with E-state index in [2.05, 4.69) is 4.99 Å². The zero-order valence-electron chi connectivity index (χ0n) is 11.5. The molecule has 0 saturated heterocycles. The van der Waals surface area contributed by atoms with Gasteiger partial charge >= 0.3 is 0 Å². The smallest absolute Gasteiger partial charge is 0.299 e.